The fraction of sp³-hybridized carbons (Fsp3) is 0.333. The number of carbonyl (C=O) groups excluding carboxylic acids is 1. The zero-order valence-electron chi connectivity index (χ0n) is 18.0. The number of hydrogen-bond donors (Lipinski definition) is 0. The Balaban J connectivity index is 1.32. The fourth-order valence-electron chi connectivity index (χ4n) is 4.21. The van der Waals surface area contributed by atoms with Gasteiger partial charge in [-0.2, -0.15) is 0 Å². The van der Waals surface area contributed by atoms with Crippen LogP contribution >= 0.6 is 23.1 Å². The van der Waals surface area contributed by atoms with Crippen molar-refractivity contribution in [1.82, 2.24) is 24.6 Å². The second kappa shape index (κ2) is 9.42. The minimum Gasteiger partial charge on any atom is -0.332 e. The average molecular weight is 464 g/mol. The predicted molar refractivity (Wildman–Crippen MR) is 130 cm³/mol. The predicted octanol–water partition coefficient (Wildman–Crippen LogP) is 5.42. The minimum absolute atomic E-state index is 0.0678. The lowest BCUT2D eigenvalue weighted by molar-refractivity contribution is -0.132. The van der Waals surface area contributed by atoms with Crippen LogP contribution in [0.4, 0.5) is 0 Å². The van der Waals surface area contributed by atoms with Crippen LogP contribution in [0.25, 0.3) is 21.6 Å². The van der Waals surface area contributed by atoms with Crippen molar-refractivity contribution in [3.63, 3.8) is 0 Å². The molecular formula is C24H25N5OS2. The van der Waals surface area contributed by atoms with Gasteiger partial charge in [-0.25, -0.2) is 4.98 Å². The Morgan fingerprint density at radius 1 is 1.09 bits per heavy atom. The number of amides is 1. The van der Waals surface area contributed by atoms with Gasteiger partial charge in [0.05, 0.1) is 22.0 Å². The van der Waals surface area contributed by atoms with Crippen LogP contribution in [0.1, 0.15) is 37.2 Å². The van der Waals surface area contributed by atoms with Crippen molar-refractivity contribution in [1.29, 1.82) is 0 Å². The first-order chi connectivity index (χ1) is 15.7. The molecule has 6 nitrogen and oxygen atoms in total. The second-order valence-electron chi connectivity index (χ2n) is 7.82. The van der Waals surface area contributed by atoms with Gasteiger partial charge in [0.2, 0.25) is 5.91 Å². The van der Waals surface area contributed by atoms with E-state index in [1.807, 2.05) is 53.4 Å². The summed E-state index contributed by atoms with van der Waals surface area (Å²) in [6.07, 6.45) is 3.14. The molecule has 0 bridgehead atoms. The first-order valence-corrected chi connectivity index (χ1v) is 12.8. The summed E-state index contributed by atoms with van der Waals surface area (Å²) in [5.74, 6) is 1.34. The molecule has 8 heteroatoms. The first kappa shape index (κ1) is 21.2. The smallest absolute Gasteiger partial charge is 0.233 e. The lowest BCUT2D eigenvalue weighted by Gasteiger charge is -2.34. The normalized spacial score (nSPS) is 16.5. The highest BCUT2D eigenvalue weighted by Gasteiger charge is 2.30. The summed E-state index contributed by atoms with van der Waals surface area (Å²) in [6.45, 7) is 3.62. The number of hydrogen-bond acceptors (Lipinski definition) is 6. The Morgan fingerprint density at radius 2 is 1.91 bits per heavy atom. The van der Waals surface area contributed by atoms with Crippen LogP contribution in [0, 0.1) is 0 Å². The molecule has 0 N–H and O–H groups in total. The molecule has 1 unspecified atom stereocenters. The molecule has 0 radical (unpaired) electrons. The number of para-hydroxylation sites is 1. The highest BCUT2D eigenvalue weighted by molar-refractivity contribution is 7.99. The molecule has 2 aromatic carbocycles. The first-order valence-electron chi connectivity index (χ1n) is 11.0. The van der Waals surface area contributed by atoms with Gasteiger partial charge in [0.25, 0.3) is 0 Å². The van der Waals surface area contributed by atoms with Crippen molar-refractivity contribution in [2.24, 2.45) is 0 Å². The van der Waals surface area contributed by atoms with E-state index < -0.39 is 0 Å². The van der Waals surface area contributed by atoms with Crippen molar-refractivity contribution in [3.8, 4) is 11.4 Å². The Bertz CT molecular complexity index is 1190. The molecule has 1 atom stereocenters. The molecule has 1 aliphatic heterocycles. The van der Waals surface area contributed by atoms with Crippen molar-refractivity contribution >= 4 is 39.2 Å². The molecule has 164 valence electrons. The zero-order valence-corrected chi connectivity index (χ0v) is 19.6. The highest BCUT2D eigenvalue weighted by Crippen LogP contribution is 2.36. The molecule has 0 saturated carbocycles. The molecule has 2 aromatic heterocycles. The summed E-state index contributed by atoms with van der Waals surface area (Å²) in [4.78, 5) is 20.1. The fourth-order valence-corrected chi connectivity index (χ4v) is 6.21. The topological polar surface area (TPSA) is 63.9 Å². The Labute approximate surface area is 195 Å². The molecule has 0 aliphatic carbocycles. The summed E-state index contributed by atoms with van der Waals surface area (Å²) >= 11 is 3.18. The number of thiazole rings is 1. The van der Waals surface area contributed by atoms with Crippen LogP contribution in [-0.4, -0.2) is 42.9 Å². The van der Waals surface area contributed by atoms with Gasteiger partial charge in [-0.1, -0.05) is 54.2 Å². The maximum atomic E-state index is 13.3. The minimum atomic E-state index is 0.0678. The lowest BCUT2D eigenvalue weighted by Crippen LogP contribution is -2.39. The van der Waals surface area contributed by atoms with Crippen LogP contribution in [-0.2, 0) is 11.3 Å². The monoisotopic (exact) mass is 463 g/mol. The number of benzene rings is 2. The van der Waals surface area contributed by atoms with Crippen LogP contribution in [0.15, 0.2) is 59.8 Å². The largest absolute Gasteiger partial charge is 0.332 e. The number of piperidine rings is 1. The number of carbonyl (C=O) groups is 1. The van der Waals surface area contributed by atoms with Crippen molar-refractivity contribution in [2.45, 2.75) is 43.9 Å². The number of aromatic nitrogens is 4. The third kappa shape index (κ3) is 4.17. The number of thioether (sulfide) groups is 1. The standard InChI is InChI=1S/C24H25N5OS2/c1-2-28-22(17-10-4-3-5-11-17)26-27-24(28)31-16-21(30)29-15-9-8-13-19(29)23-25-18-12-6-7-14-20(18)32-23/h3-7,10-12,14,19H,2,8-9,13,15-16H2,1H3. The zero-order chi connectivity index (χ0) is 21.9. The average Bonchev–Trinajstić information content (AvgIpc) is 3.47. The molecule has 1 aliphatic rings. The van der Waals surface area contributed by atoms with Gasteiger partial charge in [0.15, 0.2) is 11.0 Å². The van der Waals surface area contributed by atoms with E-state index in [4.69, 9.17) is 4.98 Å². The summed E-state index contributed by atoms with van der Waals surface area (Å²) in [5, 5.41) is 10.6. The molecule has 5 rings (SSSR count). The number of fused-ring (bicyclic) bond motifs is 1. The molecule has 32 heavy (non-hydrogen) atoms. The summed E-state index contributed by atoms with van der Waals surface area (Å²) in [7, 11) is 0. The van der Waals surface area contributed by atoms with E-state index in [9.17, 15) is 4.79 Å². The quantitative estimate of drug-likeness (QED) is 0.357. The van der Waals surface area contributed by atoms with E-state index in [1.165, 1.54) is 16.5 Å². The van der Waals surface area contributed by atoms with Gasteiger partial charge < -0.3 is 9.47 Å². The Hall–Kier alpha value is -2.71. The van der Waals surface area contributed by atoms with Crippen LogP contribution < -0.4 is 0 Å². The van der Waals surface area contributed by atoms with E-state index in [1.54, 1.807) is 11.3 Å². The Morgan fingerprint density at radius 3 is 2.72 bits per heavy atom. The second-order valence-corrected chi connectivity index (χ2v) is 9.83. The van der Waals surface area contributed by atoms with Crippen LogP contribution in [0.5, 0.6) is 0 Å². The van der Waals surface area contributed by atoms with Gasteiger partial charge in [-0.15, -0.1) is 21.5 Å². The molecule has 4 aromatic rings. The number of rotatable bonds is 6. The summed E-state index contributed by atoms with van der Waals surface area (Å²) in [6, 6.07) is 18.3. The number of likely N-dealkylation sites (tertiary alicyclic amines) is 1. The molecule has 0 spiro atoms. The molecule has 1 saturated heterocycles. The van der Waals surface area contributed by atoms with Crippen molar-refractivity contribution in [3.05, 3.63) is 59.6 Å². The van der Waals surface area contributed by atoms with Crippen LogP contribution in [0.3, 0.4) is 0 Å². The number of nitrogens with zero attached hydrogens (tertiary/aromatic N) is 5. The van der Waals surface area contributed by atoms with Crippen LogP contribution in [0.2, 0.25) is 0 Å². The maximum Gasteiger partial charge on any atom is 0.233 e. The van der Waals surface area contributed by atoms with Gasteiger partial charge in [-0.05, 0) is 38.3 Å². The van der Waals surface area contributed by atoms with Crippen molar-refractivity contribution in [2.75, 3.05) is 12.3 Å². The molecule has 1 fully saturated rings. The van der Waals surface area contributed by atoms with E-state index in [0.717, 1.165) is 59.4 Å². The summed E-state index contributed by atoms with van der Waals surface area (Å²) in [5.41, 5.74) is 2.05. The Kier molecular flexibility index (Phi) is 6.23. The van der Waals surface area contributed by atoms with E-state index >= 15 is 0 Å². The maximum absolute atomic E-state index is 13.3. The van der Waals surface area contributed by atoms with Crippen molar-refractivity contribution < 1.29 is 4.79 Å². The highest BCUT2D eigenvalue weighted by atomic mass is 32.2. The molecular weight excluding hydrogens is 438 g/mol. The van der Waals surface area contributed by atoms with Gasteiger partial charge in [0, 0.05) is 18.7 Å². The summed E-state index contributed by atoms with van der Waals surface area (Å²) < 4.78 is 3.26. The van der Waals surface area contributed by atoms with E-state index in [2.05, 4.69) is 27.8 Å². The van der Waals surface area contributed by atoms with Gasteiger partial charge in [-0.3, -0.25) is 4.79 Å². The SMILES string of the molecule is CCn1c(SCC(=O)N2CCCCC2c2nc3ccccc3s2)nnc1-c1ccccc1. The van der Waals surface area contributed by atoms with Gasteiger partial charge in [0.1, 0.15) is 5.01 Å². The molecule has 3 heterocycles. The van der Waals surface area contributed by atoms with Gasteiger partial charge >= 0.3 is 0 Å². The lowest BCUT2D eigenvalue weighted by atomic mass is 10.0. The third-order valence-electron chi connectivity index (χ3n) is 5.81. The third-order valence-corrected chi connectivity index (χ3v) is 7.90. The van der Waals surface area contributed by atoms with E-state index in [0.29, 0.717) is 5.75 Å². The molecule has 1 amide bonds. The van der Waals surface area contributed by atoms with E-state index in [-0.39, 0.29) is 11.9 Å².